The van der Waals surface area contributed by atoms with Crippen molar-refractivity contribution < 1.29 is 10.2 Å². The van der Waals surface area contributed by atoms with Gasteiger partial charge in [-0.1, -0.05) is 25.1 Å². The van der Waals surface area contributed by atoms with Gasteiger partial charge in [0.05, 0.1) is 11.6 Å². The molecule has 0 heterocycles. The van der Waals surface area contributed by atoms with Crippen LogP contribution in [0.3, 0.4) is 0 Å². The van der Waals surface area contributed by atoms with Crippen LogP contribution in [0, 0.1) is 0 Å². The van der Waals surface area contributed by atoms with Crippen LogP contribution in [0.2, 0.25) is 0 Å². The van der Waals surface area contributed by atoms with Crippen LogP contribution < -0.4 is 5.32 Å². The van der Waals surface area contributed by atoms with Crippen LogP contribution in [0.5, 0.6) is 11.5 Å². The van der Waals surface area contributed by atoms with Crippen molar-refractivity contribution in [2.24, 2.45) is 0 Å². The van der Waals surface area contributed by atoms with E-state index in [0.29, 0.717) is 5.56 Å². The van der Waals surface area contributed by atoms with Gasteiger partial charge in [0.1, 0.15) is 11.5 Å². The summed E-state index contributed by atoms with van der Waals surface area (Å²) in [6, 6.07) is 12.8. The number of rotatable bonds is 4. The van der Waals surface area contributed by atoms with Crippen molar-refractivity contribution in [3.05, 3.63) is 53.6 Å². The number of hydrogen-bond donors (Lipinski definition) is 3. The number of nitrogens with one attached hydrogen (secondary N) is 1. The molecule has 0 aromatic heterocycles. The summed E-state index contributed by atoms with van der Waals surface area (Å²) in [5.74, 6) is 0.204. The molecule has 0 spiro atoms. The maximum atomic E-state index is 9.82. The number of phenols is 2. The number of aromatic hydroxyl groups is 2. The van der Waals surface area contributed by atoms with Crippen molar-refractivity contribution >= 4 is 5.69 Å². The van der Waals surface area contributed by atoms with E-state index >= 15 is 0 Å². The Morgan fingerprint density at radius 1 is 1.00 bits per heavy atom. The predicted octanol–water partition coefficient (Wildman–Crippen LogP) is 3.83. The smallest absolute Gasteiger partial charge is 0.124 e. The molecule has 3 heteroatoms. The third-order valence-corrected chi connectivity index (χ3v) is 3.24. The van der Waals surface area contributed by atoms with Crippen molar-refractivity contribution in [3.63, 3.8) is 0 Å². The third kappa shape index (κ3) is 2.99. The molecule has 0 bridgehead atoms. The molecule has 19 heavy (non-hydrogen) atoms. The molecular weight excluding hydrogens is 238 g/mol. The summed E-state index contributed by atoms with van der Waals surface area (Å²) < 4.78 is 0. The van der Waals surface area contributed by atoms with E-state index in [4.69, 9.17) is 0 Å². The maximum Gasteiger partial charge on any atom is 0.124 e. The summed E-state index contributed by atoms with van der Waals surface area (Å²) in [5, 5.41) is 22.9. The van der Waals surface area contributed by atoms with Gasteiger partial charge >= 0.3 is 0 Å². The number of benzene rings is 2. The molecule has 1 unspecified atom stereocenters. The van der Waals surface area contributed by atoms with E-state index in [1.165, 1.54) is 5.56 Å². The van der Waals surface area contributed by atoms with Crippen LogP contribution in [-0.2, 0) is 6.42 Å². The first kappa shape index (κ1) is 13.3. The highest BCUT2D eigenvalue weighted by Gasteiger charge is 2.14. The highest BCUT2D eigenvalue weighted by atomic mass is 16.3. The van der Waals surface area contributed by atoms with E-state index in [1.807, 2.05) is 19.1 Å². The summed E-state index contributed by atoms with van der Waals surface area (Å²) in [7, 11) is 0. The lowest BCUT2D eigenvalue weighted by molar-refractivity contribution is 0.434. The molecule has 2 rings (SSSR count). The highest BCUT2D eigenvalue weighted by Crippen LogP contribution is 2.34. The quantitative estimate of drug-likeness (QED) is 0.780. The molecule has 3 nitrogen and oxygen atoms in total. The average molecular weight is 257 g/mol. The van der Waals surface area contributed by atoms with Crippen LogP contribution in [0.1, 0.15) is 31.0 Å². The molecule has 1 atom stereocenters. The van der Waals surface area contributed by atoms with Crippen LogP contribution in [0.15, 0.2) is 42.5 Å². The fourth-order valence-corrected chi connectivity index (χ4v) is 2.14. The van der Waals surface area contributed by atoms with Gasteiger partial charge in [0.25, 0.3) is 0 Å². The summed E-state index contributed by atoms with van der Waals surface area (Å²) in [5.41, 5.74) is 2.76. The second-order valence-electron chi connectivity index (χ2n) is 4.63. The Bertz CT molecular complexity index is 529. The zero-order valence-corrected chi connectivity index (χ0v) is 11.2. The summed E-state index contributed by atoms with van der Waals surface area (Å²) >= 11 is 0. The molecule has 0 radical (unpaired) electrons. The lowest BCUT2D eigenvalue weighted by Gasteiger charge is -2.18. The third-order valence-electron chi connectivity index (χ3n) is 3.24. The first-order valence-electron chi connectivity index (χ1n) is 6.48. The fraction of sp³-hybridized carbons (Fsp3) is 0.250. The zero-order chi connectivity index (χ0) is 13.8. The van der Waals surface area contributed by atoms with Crippen molar-refractivity contribution in [2.75, 3.05) is 5.32 Å². The Morgan fingerprint density at radius 2 is 1.58 bits per heavy atom. The Kier molecular flexibility index (Phi) is 3.95. The normalized spacial score (nSPS) is 12.1. The molecule has 0 saturated heterocycles. The molecule has 2 aromatic carbocycles. The Morgan fingerprint density at radius 3 is 2.11 bits per heavy atom. The minimum Gasteiger partial charge on any atom is -0.507 e. The second kappa shape index (κ2) is 5.65. The summed E-state index contributed by atoms with van der Waals surface area (Å²) in [6.45, 7) is 4.02. The van der Waals surface area contributed by atoms with Crippen molar-refractivity contribution in [1.82, 2.24) is 0 Å². The Hall–Kier alpha value is -2.16. The number of aryl methyl sites for hydroxylation is 1. The highest BCUT2D eigenvalue weighted by molar-refractivity contribution is 5.51. The number of phenolic OH excluding ortho intramolecular Hbond substituents is 2. The van der Waals surface area contributed by atoms with E-state index in [9.17, 15) is 10.2 Å². The van der Waals surface area contributed by atoms with Crippen molar-refractivity contribution in [2.45, 2.75) is 26.3 Å². The van der Waals surface area contributed by atoms with Gasteiger partial charge in [-0.25, -0.2) is 0 Å². The van der Waals surface area contributed by atoms with Crippen LogP contribution in [-0.4, -0.2) is 10.2 Å². The SMILES string of the molecule is CCc1ccc(NC(C)c2c(O)cccc2O)cc1. The van der Waals surface area contributed by atoms with E-state index in [2.05, 4.69) is 24.4 Å². The van der Waals surface area contributed by atoms with Gasteiger partial charge in [0.15, 0.2) is 0 Å². The van der Waals surface area contributed by atoms with E-state index in [0.717, 1.165) is 12.1 Å². The van der Waals surface area contributed by atoms with Crippen molar-refractivity contribution in [3.8, 4) is 11.5 Å². The van der Waals surface area contributed by atoms with Crippen LogP contribution in [0.25, 0.3) is 0 Å². The maximum absolute atomic E-state index is 9.82. The minimum absolute atomic E-state index is 0.102. The monoisotopic (exact) mass is 257 g/mol. The van der Waals surface area contributed by atoms with Gasteiger partial charge in [-0.05, 0) is 43.2 Å². The Balaban J connectivity index is 2.18. The molecule has 2 aromatic rings. The first-order valence-corrected chi connectivity index (χ1v) is 6.48. The van der Waals surface area contributed by atoms with Gasteiger partial charge in [0, 0.05) is 5.69 Å². The van der Waals surface area contributed by atoms with Crippen molar-refractivity contribution in [1.29, 1.82) is 0 Å². The molecule has 0 aliphatic heterocycles. The van der Waals surface area contributed by atoms with E-state index < -0.39 is 0 Å². The standard InChI is InChI=1S/C16H19NO2/c1-3-12-7-9-13(10-8-12)17-11(2)16-14(18)5-4-6-15(16)19/h4-11,17-19H,3H2,1-2H3. The van der Waals surface area contributed by atoms with Crippen LogP contribution in [0.4, 0.5) is 5.69 Å². The molecule has 0 saturated carbocycles. The molecule has 0 fully saturated rings. The van der Waals surface area contributed by atoms with Gasteiger partial charge in [0.2, 0.25) is 0 Å². The van der Waals surface area contributed by atoms with Gasteiger partial charge in [-0.3, -0.25) is 0 Å². The van der Waals surface area contributed by atoms with E-state index in [1.54, 1.807) is 18.2 Å². The summed E-state index contributed by atoms with van der Waals surface area (Å²) in [4.78, 5) is 0. The number of anilines is 1. The van der Waals surface area contributed by atoms with Gasteiger partial charge in [-0.15, -0.1) is 0 Å². The fourth-order valence-electron chi connectivity index (χ4n) is 2.14. The zero-order valence-electron chi connectivity index (χ0n) is 11.2. The topological polar surface area (TPSA) is 52.5 Å². The van der Waals surface area contributed by atoms with E-state index in [-0.39, 0.29) is 17.5 Å². The molecule has 3 N–H and O–H groups in total. The summed E-state index contributed by atoms with van der Waals surface area (Å²) in [6.07, 6.45) is 1.01. The largest absolute Gasteiger partial charge is 0.507 e. The van der Waals surface area contributed by atoms with Crippen LogP contribution >= 0.6 is 0 Å². The van der Waals surface area contributed by atoms with Gasteiger partial charge < -0.3 is 15.5 Å². The average Bonchev–Trinajstić information content (AvgIpc) is 2.39. The minimum atomic E-state index is -0.173. The molecular formula is C16H19NO2. The molecule has 0 aliphatic carbocycles. The lowest BCUT2D eigenvalue weighted by atomic mass is 10.1. The second-order valence-corrected chi connectivity index (χ2v) is 4.63. The predicted molar refractivity (Wildman–Crippen MR) is 77.6 cm³/mol. The molecule has 0 amide bonds. The molecule has 0 aliphatic rings. The molecule has 100 valence electrons. The number of hydrogen-bond acceptors (Lipinski definition) is 3. The lowest BCUT2D eigenvalue weighted by Crippen LogP contribution is -2.07. The Labute approximate surface area is 113 Å². The van der Waals surface area contributed by atoms with Gasteiger partial charge in [-0.2, -0.15) is 0 Å². The first-order chi connectivity index (χ1) is 9.11.